The molecule has 1 N–H and O–H groups in total. The molecule has 21 heavy (non-hydrogen) atoms. The largest absolute Gasteiger partial charge is 0.491 e. The highest BCUT2D eigenvalue weighted by Gasteiger charge is 2.26. The summed E-state index contributed by atoms with van der Waals surface area (Å²) in [5.74, 6) is -4.44. The number of hydrogen-bond donors (Lipinski definition) is 1. The van der Waals surface area contributed by atoms with Gasteiger partial charge in [0.25, 0.3) is 5.91 Å². The number of carbonyl (C=O) groups is 1. The van der Waals surface area contributed by atoms with Gasteiger partial charge in [-0.05, 0) is 18.2 Å². The Hall–Kier alpha value is -2.50. The van der Waals surface area contributed by atoms with E-state index in [1.54, 1.807) is 24.3 Å². The van der Waals surface area contributed by atoms with Gasteiger partial charge in [-0.2, -0.15) is 0 Å². The van der Waals surface area contributed by atoms with Gasteiger partial charge in [-0.15, -0.1) is 0 Å². The molecule has 1 aliphatic rings. The molecule has 0 saturated carbocycles. The number of amides is 1. The third-order valence-corrected chi connectivity index (χ3v) is 3.25. The first-order chi connectivity index (χ1) is 10.1. The second-order valence-corrected chi connectivity index (χ2v) is 4.63. The lowest BCUT2D eigenvalue weighted by Crippen LogP contribution is -2.29. The van der Waals surface area contributed by atoms with Crippen molar-refractivity contribution in [2.24, 2.45) is 0 Å². The highest BCUT2D eigenvalue weighted by Crippen LogP contribution is 2.31. The number of hydrogen-bond acceptors (Lipinski definition) is 2. The van der Waals surface area contributed by atoms with Crippen molar-refractivity contribution in [3.8, 4) is 5.75 Å². The standard InChI is InChI=1S/C15H10F3NO2/c16-10-5-8(6-11(17)14(10)18)15(20)19-12-7-21-13-4-2-1-3-9(12)13/h1-6,12H,7H2,(H,19,20). The predicted octanol–water partition coefficient (Wildman–Crippen LogP) is 2.97. The molecule has 0 saturated heterocycles. The minimum absolute atomic E-state index is 0.233. The van der Waals surface area contributed by atoms with E-state index >= 15 is 0 Å². The van der Waals surface area contributed by atoms with Crippen LogP contribution in [0.1, 0.15) is 22.0 Å². The van der Waals surface area contributed by atoms with Gasteiger partial charge in [0.1, 0.15) is 12.4 Å². The van der Waals surface area contributed by atoms with Gasteiger partial charge in [0.2, 0.25) is 0 Å². The SMILES string of the molecule is O=C(NC1COc2ccccc21)c1cc(F)c(F)c(F)c1. The van der Waals surface area contributed by atoms with E-state index < -0.39 is 29.4 Å². The van der Waals surface area contributed by atoms with Crippen LogP contribution in [0.15, 0.2) is 36.4 Å². The Morgan fingerprint density at radius 2 is 1.81 bits per heavy atom. The van der Waals surface area contributed by atoms with Crippen LogP contribution in [0.4, 0.5) is 13.2 Å². The van der Waals surface area contributed by atoms with Crippen LogP contribution >= 0.6 is 0 Å². The molecular formula is C15H10F3NO2. The van der Waals surface area contributed by atoms with Crippen molar-refractivity contribution in [3.63, 3.8) is 0 Å². The second kappa shape index (κ2) is 5.12. The highest BCUT2D eigenvalue weighted by atomic mass is 19.2. The minimum atomic E-state index is -1.60. The van der Waals surface area contributed by atoms with Crippen molar-refractivity contribution >= 4 is 5.91 Å². The number of rotatable bonds is 2. The van der Waals surface area contributed by atoms with E-state index in [9.17, 15) is 18.0 Å². The summed E-state index contributed by atoms with van der Waals surface area (Å²) in [7, 11) is 0. The van der Waals surface area contributed by atoms with Gasteiger partial charge < -0.3 is 10.1 Å². The topological polar surface area (TPSA) is 38.3 Å². The van der Waals surface area contributed by atoms with Crippen LogP contribution in [0.3, 0.4) is 0 Å². The van der Waals surface area contributed by atoms with Crippen LogP contribution in [0.5, 0.6) is 5.75 Å². The molecule has 3 rings (SSSR count). The normalized spacial score (nSPS) is 16.2. The lowest BCUT2D eigenvalue weighted by Gasteiger charge is -2.12. The van der Waals surface area contributed by atoms with Crippen molar-refractivity contribution in [1.82, 2.24) is 5.32 Å². The number of ether oxygens (including phenoxy) is 1. The number of halogens is 3. The molecule has 3 nitrogen and oxygen atoms in total. The average Bonchev–Trinajstić information content (AvgIpc) is 2.87. The Bertz CT molecular complexity index is 695. The number of nitrogens with one attached hydrogen (secondary N) is 1. The first kappa shape index (κ1) is 13.5. The third kappa shape index (κ3) is 2.44. The zero-order chi connectivity index (χ0) is 15.0. The molecule has 1 aliphatic heterocycles. The second-order valence-electron chi connectivity index (χ2n) is 4.63. The Kier molecular flexibility index (Phi) is 3.29. The Morgan fingerprint density at radius 1 is 1.14 bits per heavy atom. The molecule has 1 atom stereocenters. The maximum atomic E-state index is 13.1. The van der Waals surface area contributed by atoms with E-state index in [1.807, 2.05) is 0 Å². The molecule has 0 bridgehead atoms. The smallest absolute Gasteiger partial charge is 0.252 e. The van der Waals surface area contributed by atoms with Gasteiger partial charge >= 0.3 is 0 Å². The van der Waals surface area contributed by atoms with Gasteiger partial charge in [-0.3, -0.25) is 4.79 Å². The lowest BCUT2D eigenvalue weighted by molar-refractivity contribution is 0.0929. The van der Waals surface area contributed by atoms with Crippen LogP contribution in [0, 0.1) is 17.5 Å². The summed E-state index contributed by atoms with van der Waals surface area (Å²) in [6.45, 7) is 0.233. The quantitative estimate of drug-likeness (QED) is 0.865. The zero-order valence-corrected chi connectivity index (χ0v) is 10.7. The van der Waals surface area contributed by atoms with Gasteiger partial charge in [-0.1, -0.05) is 18.2 Å². The maximum absolute atomic E-state index is 13.1. The van der Waals surface area contributed by atoms with Gasteiger partial charge in [-0.25, -0.2) is 13.2 Å². The molecule has 1 heterocycles. The highest BCUT2D eigenvalue weighted by molar-refractivity contribution is 5.94. The molecule has 2 aromatic carbocycles. The number of benzene rings is 2. The third-order valence-electron chi connectivity index (χ3n) is 3.25. The first-order valence-electron chi connectivity index (χ1n) is 6.23. The van der Waals surface area contributed by atoms with Gasteiger partial charge in [0.15, 0.2) is 17.5 Å². The fraction of sp³-hybridized carbons (Fsp3) is 0.133. The van der Waals surface area contributed by atoms with Crippen molar-refractivity contribution < 1.29 is 22.7 Å². The van der Waals surface area contributed by atoms with Crippen LogP contribution in [0.25, 0.3) is 0 Å². The molecule has 1 amide bonds. The molecule has 0 spiro atoms. The van der Waals surface area contributed by atoms with Crippen LogP contribution in [0.2, 0.25) is 0 Å². The van der Waals surface area contributed by atoms with Crippen molar-refractivity contribution in [2.45, 2.75) is 6.04 Å². The van der Waals surface area contributed by atoms with E-state index in [1.165, 1.54) is 0 Å². The number of fused-ring (bicyclic) bond motifs is 1. The summed E-state index contributed by atoms with van der Waals surface area (Å²) < 4.78 is 44.5. The van der Waals surface area contributed by atoms with E-state index in [2.05, 4.69) is 5.32 Å². The van der Waals surface area contributed by atoms with Crippen LogP contribution < -0.4 is 10.1 Å². The molecular weight excluding hydrogens is 283 g/mol. The maximum Gasteiger partial charge on any atom is 0.252 e. The summed E-state index contributed by atoms with van der Waals surface area (Å²) in [6, 6.07) is 8.06. The van der Waals surface area contributed by atoms with Crippen molar-refractivity contribution in [3.05, 3.63) is 65.0 Å². The number of carbonyl (C=O) groups excluding carboxylic acids is 1. The Balaban J connectivity index is 1.82. The lowest BCUT2D eigenvalue weighted by atomic mass is 10.1. The van der Waals surface area contributed by atoms with Gasteiger partial charge in [0, 0.05) is 11.1 Å². The Morgan fingerprint density at radius 3 is 2.52 bits per heavy atom. The zero-order valence-electron chi connectivity index (χ0n) is 10.7. The van der Waals surface area contributed by atoms with Crippen molar-refractivity contribution in [1.29, 1.82) is 0 Å². The van der Waals surface area contributed by atoms with Gasteiger partial charge in [0.05, 0.1) is 6.04 Å². The van der Waals surface area contributed by atoms with E-state index in [0.717, 1.165) is 5.56 Å². The minimum Gasteiger partial charge on any atom is -0.491 e. The van der Waals surface area contributed by atoms with Crippen LogP contribution in [-0.2, 0) is 0 Å². The molecule has 0 aliphatic carbocycles. The molecule has 0 aromatic heterocycles. The molecule has 2 aromatic rings. The molecule has 108 valence electrons. The summed E-state index contributed by atoms with van der Waals surface area (Å²) in [5, 5.41) is 2.61. The van der Waals surface area contributed by atoms with E-state index in [-0.39, 0.29) is 12.2 Å². The van der Waals surface area contributed by atoms with Crippen molar-refractivity contribution in [2.75, 3.05) is 6.61 Å². The summed E-state index contributed by atoms with van der Waals surface area (Å²) in [5.41, 5.74) is 0.504. The summed E-state index contributed by atoms with van der Waals surface area (Å²) in [4.78, 5) is 12.0. The molecule has 1 unspecified atom stereocenters. The average molecular weight is 293 g/mol. The number of para-hydroxylation sites is 1. The predicted molar refractivity (Wildman–Crippen MR) is 68.5 cm³/mol. The summed E-state index contributed by atoms with van der Waals surface area (Å²) >= 11 is 0. The fourth-order valence-electron chi connectivity index (χ4n) is 2.21. The molecule has 0 radical (unpaired) electrons. The van der Waals surface area contributed by atoms with Crippen LogP contribution in [-0.4, -0.2) is 12.5 Å². The van der Waals surface area contributed by atoms with E-state index in [0.29, 0.717) is 17.9 Å². The monoisotopic (exact) mass is 293 g/mol. The fourth-order valence-corrected chi connectivity index (χ4v) is 2.21. The first-order valence-corrected chi connectivity index (χ1v) is 6.23. The molecule has 0 fully saturated rings. The Labute approximate surface area is 118 Å². The molecule has 6 heteroatoms. The summed E-state index contributed by atoms with van der Waals surface area (Å²) in [6.07, 6.45) is 0. The van der Waals surface area contributed by atoms with E-state index in [4.69, 9.17) is 4.74 Å².